The second-order valence-corrected chi connectivity index (χ2v) is 32.4. The van der Waals surface area contributed by atoms with E-state index in [0.717, 1.165) is 103 Å². The minimum Gasteiger partial charge on any atom is -0.462 e. The second-order valence-electron chi connectivity index (χ2n) is 29.5. The highest BCUT2D eigenvalue weighted by Crippen LogP contribution is 2.45. The Labute approximate surface area is 631 Å². The third-order valence-corrected chi connectivity index (χ3v) is 21.1. The highest BCUT2D eigenvalue weighted by molar-refractivity contribution is 7.47. The fourth-order valence-electron chi connectivity index (χ4n) is 12.6. The summed E-state index contributed by atoms with van der Waals surface area (Å²) in [7, 11) is -9.94. The minimum absolute atomic E-state index is 0.0861. The fraction of sp³-hybridized carbons (Fsp3) is 0.905. The first kappa shape index (κ1) is 101. The summed E-state index contributed by atoms with van der Waals surface area (Å²) >= 11 is 0. The van der Waals surface area contributed by atoms with E-state index in [4.69, 9.17) is 37.0 Å². The molecule has 5 atom stereocenters. The molecule has 608 valence electrons. The average Bonchev–Trinajstić information content (AvgIpc) is 0.912. The smallest absolute Gasteiger partial charge is 0.462 e. The summed E-state index contributed by atoms with van der Waals surface area (Å²) in [5, 5.41) is 10.7. The SMILES string of the molecule is CCCCCC/C=C\C=C/CCCCCCCC(=O)O[C@H](COC(=O)CCCCCCCCCCCCCCC)COP(=O)(O)OC[C@H](O)COP(=O)(O)OC[C@@H](COC(=O)CCCCCCCCCCCCCCCCCC)OC(=O)CCCCCCCCCCCCCCCCCCCCC. The van der Waals surface area contributed by atoms with Crippen molar-refractivity contribution in [2.24, 2.45) is 0 Å². The predicted octanol–water partition coefficient (Wildman–Crippen LogP) is 25.3. The number of phosphoric acid groups is 2. The maximum Gasteiger partial charge on any atom is 0.472 e. The van der Waals surface area contributed by atoms with Gasteiger partial charge in [0.05, 0.1) is 26.4 Å². The summed E-state index contributed by atoms with van der Waals surface area (Å²) in [6.07, 6.45) is 74.2. The molecule has 19 heteroatoms. The number of rotatable bonds is 83. The highest BCUT2D eigenvalue weighted by atomic mass is 31.2. The van der Waals surface area contributed by atoms with E-state index in [1.165, 1.54) is 250 Å². The number of ether oxygens (including phenoxy) is 4. The van der Waals surface area contributed by atoms with Crippen LogP contribution in [0.15, 0.2) is 24.3 Å². The molecule has 0 spiro atoms. The Bertz CT molecular complexity index is 2040. The molecule has 0 aromatic heterocycles. The van der Waals surface area contributed by atoms with Crippen molar-refractivity contribution < 1.29 is 80.2 Å². The van der Waals surface area contributed by atoms with Crippen LogP contribution in [-0.4, -0.2) is 96.7 Å². The van der Waals surface area contributed by atoms with Gasteiger partial charge in [-0.25, -0.2) is 9.13 Å². The number of aliphatic hydroxyl groups is 1. The van der Waals surface area contributed by atoms with Crippen LogP contribution in [0, 0.1) is 0 Å². The number of unbranched alkanes of at least 4 members (excludes halogenated alkanes) is 54. The first-order valence-corrected chi connectivity index (χ1v) is 46.1. The molecular formula is C84H160O17P2. The van der Waals surface area contributed by atoms with Gasteiger partial charge in [0, 0.05) is 25.7 Å². The highest BCUT2D eigenvalue weighted by Gasteiger charge is 2.30. The number of carbonyl (C=O) groups excluding carboxylic acids is 4. The number of allylic oxidation sites excluding steroid dienone is 4. The standard InChI is InChI=1S/C84H160O17P2/c1-5-9-13-17-21-25-29-33-36-38-39-40-43-47-51-55-59-63-67-71-84(89)101-80(75-95-82(87)69-65-61-57-53-49-45-42-37-34-30-26-22-18-14-10-6-2)77-99-103(92,93)97-73-78(85)72-96-102(90,91)98-76-79(74-94-81(86)68-64-60-56-52-48-44-32-28-24-20-16-12-8-4)100-83(88)70-66-62-58-54-50-46-41-35-31-27-23-19-15-11-7-3/h27,31,35,41,78-80,85H,5-26,28-30,32-34,36-40,42-77H2,1-4H3,(H,90,91)(H,92,93)/b31-27-,41-35-/t78-,79+,80+/m0/s1. The van der Waals surface area contributed by atoms with Gasteiger partial charge in [0.25, 0.3) is 0 Å². The van der Waals surface area contributed by atoms with Crippen molar-refractivity contribution in [2.75, 3.05) is 39.6 Å². The molecule has 0 amide bonds. The number of carbonyl (C=O) groups is 4. The first-order chi connectivity index (χ1) is 50.2. The van der Waals surface area contributed by atoms with Gasteiger partial charge in [-0.3, -0.25) is 37.3 Å². The van der Waals surface area contributed by atoms with E-state index in [2.05, 4.69) is 52.0 Å². The van der Waals surface area contributed by atoms with Gasteiger partial charge in [0.2, 0.25) is 0 Å². The van der Waals surface area contributed by atoms with Gasteiger partial charge in [-0.2, -0.15) is 0 Å². The Balaban J connectivity index is 5.29. The molecule has 0 aromatic carbocycles. The van der Waals surface area contributed by atoms with E-state index >= 15 is 0 Å². The second kappa shape index (κ2) is 77.7. The number of aliphatic hydroxyl groups excluding tert-OH is 1. The van der Waals surface area contributed by atoms with E-state index in [-0.39, 0.29) is 25.7 Å². The largest absolute Gasteiger partial charge is 0.472 e. The molecule has 17 nitrogen and oxygen atoms in total. The number of esters is 4. The molecule has 0 fully saturated rings. The van der Waals surface area contributed by atoms with Crippen LogP contribution in [0.2, 0.25) is 0 Å². The molecule has 0 radical (unpaired) electrons. The summed E-state index contributed by atoms with van der Waals surface area (Å²) in [5.41, 5.74) is 0. The molecule has 0 rings (SSSR count). The number of hydrogen-bond donors (Lipinski definition) is 3. The lowest BCUT2D eigenvalue weighted by atomic mass is 10.0. The van der Waals surface area contributed by atoms with E-state index in [1.54, 1.807) is 0 Å². The molecule has 3 N–H and O–H groups in total. The van der Waals surface area contributed by atoms with E-state index in [0.29, 0.717) is 25.7 Å². The van der Waals surface area contributed by atoms with Gasteiger partial charge in [-0.15, -0.1) is 0 Å². The minimum atomic E-state index is -4.97. The zero-order valence-electron chi connectivity index (χ0n) is 66.8. The van der Waals surface area contributed by atoms with Gasteiger partial charge in [-0.05, 0) is 51.4 Å². The maximum atomic E-state index is 13.1. The van der Waals surface area contributed by atoms with Gasteiger partial charge < -0.3 is 33.8 Å². The van der Waals surface area contributed by atoms with Crippen molar-refractivity contribution in [1.29, 1.82) is 0 Å². The van der Waals surface area contributed by atoms with E-state index in [9.17, 15) is 43.2 Å². The molecule has 0 aliphatic carbocycles. The van der Waals surface area contributed by atoms with Gasteiger partial charge in [0.15, 0.2) is 12.2 Å². The Morgan fingerprint density at radius 3 is 0.709 bits per heavy atom. The predicted molar refractivity (Wildman–Crippen MR) is 423 cm³/mol. The molecule has 0 aliphatic rings. The molecular weight excluding hydrogens is 1340 g/mol. The Morgan fingerprint density at radius 2 is 0.466 bits per heavy atom. The van der Waals surface area contributed by atoms with Crippen molar-refractivity contribution in [3.63, 3.8) is 0 Å². The lowest BCUT2D eigenvalue weighted by molar-refractivity contribution is -0.161. The molecule has 0 aliphatic heterocycles. The van der Waals surface area contributed by atoms with Crippen LogP contribution in [0.4, 0.5) is 0 Å². The van der Waals surface area contributed by atoms with Gasteiger partial charge >= 0.3 is 39.5 Å². The third kappa shape index (κ3) is 77.5. The summed E-state index contributed by atoms with van der Waals surface area (Å²) in [4.78, 5) is 73.2. The summed E-state index contributed by atoms with van der Waals surface area (Å²) < 4.78 is 68.8. The van der Waals surface area contributed by atoms with Gasteiger partial charge in [0.1, 0.15) is 19.3 Å². The normalized spacial score (nSPS) is 13.9. The molecule has 0 heterocycles. The summed E-state index contributed by atoms with van der Waals surface area (Å²) in [6, 6.07) is 0. The van der Waals surface area contributed by atoms with Crippen molar-refractivity contribution in [1.82, 2.24) is 0 Å². The lowest BCUT2D eigenvalue weighted by Gasteiger charge is -2.21. The topological polar surface area (TPSA) is 237 Å². The lowest BCUT2D eigenvalue weighted by Crippen LogP contribution is -2.30. The molecule has 2 unspecified atom stereocenters. The number of phosphoric ester groups is 2. The van der Waals surface area contributed by atoms with Crippen molar-refractivity contribution in [3.05, 3.63) is 24.3 Å². The molecule has 0 saturated carbocycles. The Kier molecular flexibility index (Phi) is 75.8. The van der Waals surface area contributed by atoms with Crippen molar-refractivity contribution in [3.8, 4) is 0 Å². The van der Waals surface area contributed by atoms with Gasteiger partial charge in [-0.1, -0.05) is 379 Å². The first-order valence-electron chi connectivity index (χ1n) is 43.1. The van der Waals surface area contributed by atoms with Crippen LogP contribution in [0.25, 0.3) is 0 Å². The van der Waals surface area contributed by atoms with E-state index in [1.807, 2.05) is 0 Å². The zero-order chi connectivity index (χ0) is 75.3. The molecule has 103 heavy (non-hydrogen) atoms. The maximum absolute atomic E-state index is 13.1. The zero-order valence-corrected chi connectivity index (χ0v) is 68.6. The third-order valence-electron chi connectivity index (χ3n) is 19.2. The van der Waals surface area contributed by atoms with Crippen LogP contribution in [0.3, 0.4) is 0 Å². The Morgan fingerprint density at radius 1 is 0.272 bits per heavy atom. The van der Waals surface area contributed by atoms with Crippen molar-refractivity contribution >= 4 is 39.5 Å². The average molecular weight is 1500 g/mol. The quantitative estimate of drug-likeness (QED) is 0.0169. The fourth-order valence-corrected chi connectivity index (χ4v) is 14.2. The van der Waals surface area contributed by atoms with Crippen LogP contribution >= 0.6 is 15.6 Å². The summed E-state index contributed by atoms with van der Waals surface area (Å²) in [6.45, 7) is 4.99. The van der Waals surface area contributed by atoms with Crippen LogP contribution in [0.5, 0.6) is 0 Å². The molecule has 0 bridgehead atoms. The molecule has 0 saturated heterocycles. The molecule has 0 aromatic rings. The van der Waals surface area contributed by atoms with Crippen LogP contribution < -0.4 is 0 Å². The van der Waals surface area contributed by atoms with Crippen LogP contribution in [-0.2, 0) is 65.4 Å². The van der Waals surface area contributed by atoms with Crippen molar-refractivity contribution in [2.45, 2.75) is 451 Å². The summed E-state index contributed by atoms with van der Waals surface area (Å²) in [5.74, 6) is -2.13. The Hall–Kier alpha value is -2.46. The number of hydrogen-bond acceptors (Lipinski definition) is 15. The van der Waals surface area contributed by atoms with E-state index < -0.39 is 97.5 Å². The monoisotopic (exact) mass is 1500 g/mol. The van der Waals surface area contributed by atoms with Crippen LogP contribution in [0.1, 0.15) is 432 Å².